The normalized spacial score (nSPS) is 28.7. The molecular weight excluding hydrogens is 281 g/mol. The second-order valence-corrected chi connectivity index (χ2v) is 6.28. The summed E-state index contributed by atoms with van der Waals surface area (Å²) in [5, 5.41) is 20.9. The molecule has 1 aliphatic carbocycles. The minimum absolute atomic E-state index is 0.352. The maximum absolute atomic E-state index is 10.6. The first-order valence-electron chi connectivity index (χ1n) is 6.53. The maximum atomic E-state index is 10.6. The third-order valence-electron chi connectivity index (χ3n) is 4.19. The summed E-state index contributed by atoms with van der Waals surface area (Å²) in [6, 6.07) is 7.51. The Morgan fingerprint density at radius 3 is 2.58 bits per heavy atom. The standard InChI is InChI=1S/C15H17Cl2NO/c1-10-5-7-15(9-18,8-6-10)14(19)11-3-2-4-12(16)13(11)17/h2-4,10,14,19H,5-8H2,1H3. The molecule has 2 nitrogen and oxygen atoms in total. The van der Waals surface area contributed by atoms with Gasteiger partial charge in [0.1, 0.15) is 0 Å². The number of benzene rings is 1. The Hall–Kier alpha value is -0.750. The van der Waals surface area contributed by atoms with Crippen molar-refractivity contribution in [1.82, 2.24) is 0 Å². The Bertz CT molecular complexity index is 501. The molecule has 1 N–H and O–H groups in total. The zero-order valence-corrected chi connectivity index (χ0v) is 12.4. The molecular formula is C15H17Cl2NO. The molecule has 0 aromatic heterocycles. The van der Waals surface area contributed by atoms with E-state index in [0.717, 1.165) is 12.8 Å². The lowest BCUT2D eigenvalue weighted by Crippen LogP contribution is -2.32. The molecule has 1 saturated carbocycles. The first-order valence-corrected chi connectivity index (χ1v) is 7.29. The van der Waals surface area contributed by atoms with Crippen LogP contribution in [0.1, 0.15) is 44.3 Å². The van der Waals surface area contributed by atoms with Gasteiger partial charge in [-0.1, -0.05) is 42.3 Å². The van der Waals surface area contributed by atoms with Crippen molar-refractivity contribution in [2.45, 2.75) is 38.7 Å². The van der Waals surface area contributed by atoms with Crippen molar-refractivity contribution in [2.24, 2.45) is 11.3 Å². The van der Waals surface area contributed by atoms with E-state index in [2.05, 4.69) is 13.0 Å². The molecule has 1 aromatic carbocycles. The zero-order chi connectivity index (χ0) is 14.0. The van der Waals surface area contributed by atoms with E-state index in [0.29, 0.717) is 34.4 Å². The van der Waals surface area contributed by atoms with Crippen LogP contribution in [-0.4, -0.2) is 5.11 Å². The maximum Gasteiger partial charge on any atom is 0.0991 e. The highest BCUT2D eigenvalue weighted by molar-refractivity contribution is 6.42. The largest absolute Gasteiger partial charge is 0.387 e. The van der Waals surface area contributed by atoms with Crippen molar-refractivity contribution in [2.75, 3.05) is 0 Å². The molecule has 0 radical (unpaired) electrons. The van der Waals surface area contributed by atoms with Gasteiger partial charge in [-0.3, -0.25) is 0 Å². The van der Waals surface area contributed by atoms with Crippen LogP contribution in [0.15, 0.2) is 18.2 Å². The number of nitrogens with zero attached hydrogens (tertiary/aromatic N) is 1. The van der Waals surface area contributed by atoms with Crippen LogP contribution in [0, 0.1) is 22.7 Å². The molecule has 0 saturated heterocycles. The first-order chi connectivity index (χ1) is 9.00. The summed E-state index contributed by atoms with van der Waals surface area (Å²) >= 11 is 12.1. The van der Waals surface area contributed by atoms with Gasteiger partial charge in [-0.15, -0.1) is 0 Å². The molecule has 1 aromatic rings. The quantitative estimate of drug-likeness (QED) is 0.856. The second-order valence-electron chi connectivity index (χ2n) is 5.50. The van der Waals surface area contributed by atoms with Crippen molar-refractivity contribution in [3.8, 4) is 6.07 Å². The van der Waals surface area contributed by atoms with Gasteiger partial charge in [0.25, 0.3) is 0 Å². The summed E-state index contributed by atoms with van der Waals surface area (Å²) in [5.74, 6) is 0.614. The Labute approximate surface area is 124 Å². The van der Waals surface area contributed by atoms with Gasteiger partial charge in [-0.05, 0) is 37.7 Å². The highest BCUT2D eigenvalue weighted by Crippen LogP contribution is 2.48. The molecule has 0 amide bonds. The van der Waals surface area contributed by atoms with Crippen LogP contribution in [-0.2, 0) is 0 Å². The molecule has 0 bridgehead atoms. The Morgan fingerprint density at radius 2 is 2.00 bits per heavy atom. The van der Waals surface area contributed by atoms with E-state index in [1.165, 1.54) is 0 Å². The van der Waals surface area contributed by atoms with Gasteiger partial charge in [0.05, 0.1) is 27.6 Å². The monoisotopic (exact) mass is 297 g/mol. The Kier molecular flexibility index (Phi) is 4.40. The van der Waals surface area contributed by atoms with E-state index in [9.17, 15) is 10.4 Å². The van der Waals surface area contributed by atoms with Crippen LogP contribution in [0.25, 0.3) is 0 Å². The highest BCUT2D eigenvalue weighted by Gasteiger charge is 2.42. The topological polar surface area (TPSA) is 44.0 Å². The SMILES string of the molecule is CC1CCC(C#N)(C(O)c2cccc(Cl)c2Cl)CC1. The van der Waals surface area contributed by atoms with Crippen molar-refractivity contribution in [3.05, 3.63) is 33.8 Å². The molecule has 1 atom stereocenters. The molecule has 1 unspecified atom stereocenters. The summed E-state index contributed by atoms with van der Waals surface area (Å²) in [4.78, 5) is 0. The molecule has 0 heterocycles. The van der Waals surface area contributed by atoms with Crippen LogP contribution >= 0.6 is 23.2 Å². The average molecular weight is 298 g/mol. The van der Waals surface area contributed by atoms with E-state index >= 15 is 0 Å². The van der Waals surface area contributed by atoms with Gasteiger partial charge in [0.15, 0.2) is 0 Å². The van der Waals surface area contributed by atoms with Crippen LogP contribution in [0.5, 0.6) is 0 Å². The van der Waals surface area contributed by atoms with Crippen LogP contribution in [0.4, 0.5) is 0 Å². The van der Waals surface area contributed by atoms with E-state index in [-0.39, 0.29) is 0 Å². The predicted molar refractivity (Wildman–Crippen MR) is 77.1 cm³/mol. The summed E-state index contributed by atoms with van der Waals surface area (Å²) in [6.45, 7) is 2.18. The van der Waals surface area contributed by atoms with Crippen LogP contribution < -0.4 is 0 Å². The molecule has 102 valence electrons. The lowest BCUT2D eigenvalue weighted by Gasteiger charge is -2.37. The number of aliphatic hydroxyl groups is 1. The molecule has 0 aliphatic heterocycles. The summed E-state index contributed by atoms with van der Waals surface area (Å²) in [5.41, 5.74) is -0.175. The van der Waals surface area contributed by atoms with Gasteiger partial charge in [-0.2, -0.15) is 5.26 Å². The molecule has 1 aliphatic rings. The molecule has 1 fully saturated rings. The lowest BCUT2D eigenvalue weighted by molar-refractivity contribution is 0.0267. The van der Waals surface area contributed by atoms with Gasteiger partial charge in [0, 0.05) is 5.56 Å². The minimum Gasteiger partial charge on any atom is -0.387 e. The summed E-state index contributed by atoms with van der Waals surface area (Å²) in [6.07, 6.45) is 2.45. The van der Waals surface area contributed by atoms with E-state index in [1.54, 1.807) is 18.2 Å². The van der Waals surface area contributed by atoms with Crippen molar-refractivity contribution < 1.29 is 5.11 Å². The Balaban J connectivity index is 2.34. The van der Waals surface area contributed by atoms with Gasteiger partial charge in [-0.25, -0.2) is 0 Å². The van der Waals surface area contributed by atoms with Crippen molar-refractivity contribution in [3.63, 3.8) is 0 Å². The summed E-state index contributed by atoms with van der Waals surface area (Å²) < 4.78 is 0. The van der Waals surface area contributed by atoms with E-state index in [1.807, 2.05) is 0 Å². The molecule has 2 rings (SSSR count). The van der Waals surface area contributed by atoms with Gasteiger partial charge < -0.3 is 5.11 Å². The number of nitriles is 1. The Morgan fingerprint density at radius 1 is 1.37 bits per heavy atom. The zero-order valence-electron chi connectivity index (χ0n) is 10.9. The average Bonchev–Trinajstić information content (AvgIpc) is 2.42. The highest BCUT2D eigenvalue weighted by atomic mass is 35.5. The first kappa shape index (κ1) is 14.7. The third kappa shape index (κ3) is 2.74. The fraction of sp³-hybridized carbons (Fsp3) is 0.533. The van der Waals surface area contributed by atoms with E-state index in [4.69, 9.17) is 23.2 Å². The van der Waals surface area contributed by atoms with Crippen molar-refractivity contribution in [1.29, 1.82) is 5.26 Å². The van der Waals surface area contributed by atoms with Gasteiger partial charge >= 0.3 is 0 Å². The predicted octanol–water partition coefficient (Wildman–Crippen LogP) is 4.75. The van der Waals surface area contributed by atoms with Gasteiger partial charge in [0.2, 0.25) is 0 Å². The number of hydrogen-bond acceptors (Lipinski definition) is 2. The molecule has 0 spiro atoms. The molecule has 19 heavy (non-hydrogen) atoms. The smallest absolute Gasteiger partial charge is 0.0991 e. The van der Waals surface area contributed by atoms with Crippen LogP contribution in [0.2, 0.25) is 10.0 Å². The number of halogens is 2. The molecule has 4 heteroatoms. The van der Waals surface area contributed by atoms with E-state index < -0.39 is 11.5 Å². The minimum atomic E-state index is -0.879. The van der Waals surface area contributed by atoms with Crippen LogP contribution in [0.3, 0.4) is 0 Å². The lowest BCUT2D eigenvalue weighted by atomic mass is 9.67. The number of rotatable bonds is 2. The third-order valence-corrected chi connectivity index (χ3v) is 5.02. The fourth-order valence-corrected chi connectivity index (χ4v) is 3.16. The fourth-order valence-electron chi connectivity index (χ4n) is 2.75. The number of aliphatic hydroxyl groups excluding tert-OH is 1. The number of hydrogen-bond donors (Lipinski definition) is 1. The van der Waals surface area contributed by atoms with Crippen molar-refractivity contribution >= 4 is 23.2 Å². The summed E-state index contributed by atoms with van der Waals surface area (Å²) in [7, 11) is 0. The second kappa shape index (κ2) is 5.71.